The van der Waals surface area contributed by atoms with Gasteiger partial charge < -0.3 is 10.1 Å². The Hall–Kier alpha value is -0.730. The molecule has 1 unspecified atom stereocenters. The Morgan fingerprint density at radius 1 is 1.40 bits per heavy atom. The zero-order chi connectivity index (χ0) is 10.3. The molecule has 0 radical (unpaired) electrons. The molecule has 1 atom stereocenters. The number of rotatable bonds is 0. The summed E-state index contributed by atoms with van der Waals surface area (Å²) in [7, 11) is 0. The summed E-state index contributed by atoms with van der Waals surface area (Å²) in [6.07, 6.45) is 3.27. The summed E-state index contributed by atoms with van der Waals surface area (Å²) in [5.41, 5.74) is 1.16. The van der Waals surface area contributed by atoms with Crippen LogP contribution in [0.25, 0.3) is 0 Å². The van der Waals surface area contributed by atoms with Crippen molar-refractivity contribution in [1.29, 1.82) is 0 Å². The number of fused-ring (bicyclic) bond motifs is 1. The van der Waals surface area contributed by atoms with E-state index in [1.807, 2.05) is 18.2 Å². The maximum atomic E-state index is 6.17. The summed E-state index contributed by atoms with van der Waals surface area (Å²) in [6, 6.07) is 5.92. The third kappa shape index (κ3) is 1.52. The van der Waals surface area contributed by atoms with Crippen molar-refractivity contribution in [1.82, 2.24) is 5.32 Å². The minimum Gasteiger partial charge on any atom is -0.485 e. The van der Waals surface area contributed by atoms with Gasteiger partial charge in [-0.2, -0.15) is 0 Å². The molecular formula is C12H14ClNO. The van der Waals surface area contributed by atoms with E-state index < -0.39 is 0 Å². The smallest absolute Gasteiger partial charge is 0.126 e. The molecule has 2 nitrogen and oxygen atoms in total. The first kappa shape index (κ1) is 9.49. The summed E-state index contributed by atoms with van der Waals surface area (Å²) in [6.45, 7) is 2.05. The van der Waals surface area contributed by atoms with Crippen LogP contribution in [0.1, 0.15) is 18.4 Å². The van der Waals surface area contributed by atoms with Crippen LogP contribution in [0.2, 0.25) is 5.02 Å². The van der Waals surface area contributed by atoms with Crippen LogP contribution < -0.4 is 10.1 Å². The number of halogens is 1. The number of hydrogen-bond donors (Lipinski definition) is 1. The van der Waals surface area contributed by atoms with Gasteiger partial charge in [-0.25, -0.2) is 0 Å². The molecule has 2 aliphatic rings. The largest absolute Gasteiger partial charge is 0.485 e. The molecule has 0 amide bonds. The fraction of sp³-hybridized carbons (Fsp3) is 0.500. The summed E-state index contributed by atoms with van der Waals surface area (Å²) < 4.78 is 6.07. The van der Waals surface area contributed by atoms with E-state index in [0.29, 0.717) is 0 Å². The Morgan fingerprint density at radius 2 is 2.33 bits per heavy atom. The highest BCUT2D eigenvalue weighted by atomic mass is 35.5. The topological polar surface area (TPSA) is 21.3 Å². The van der Waals surface area contributed by atoms with Crippen LogP contribution in [0.5, 0.6) is 5.75 Å². The first-order chi connectivity index (χ1) is 7.29. The lowest BCUT2D eigenvalue weighted by Gasteiger charge is -2.33. The van der Waals surface area contributed by atoms with Crippen LogP contribution in [0.15, 0.2) is 18.2 Å². The van der Waals surface area contributed by atoms with Crippen LogP contribution in [0.4, 0.5) is 0 Å². The van der Waals surface area contributed by atoms with Gasteiger partial charge in [0.2, 0.25) is 0 Å². The molecule has 3 heteroatoms. The lowest BCUT2D eigenvalue weighted by Crippen LogP contribution is -2.49. The van der Waals surface area contributed by atoms with Crippen LogP contribution in [0.3, 0.4) is 0 Å². The Bertz CT molecular complexity index is 385. The van der Waals surface area contributed by atoms with Crippen molar-refractivity contribution in [2.75, 3.05) is 13.1 Å². The zero-order valence-corrected chi connectivity index (χ0v) is 9.31. The van der Waals surface area contributed by atoms with Gasteiger partial charge in [0.1, 0.15) is 11.4 Å². The highest BCUT2D eigenvalue weighted by molar-refractivity contribution is 6.31. The third-order valence-electron chi connectivity index (χ3n) is 3.33. The molecule has 0 bridgehead atoms. The van der Waals surface area contributed by atoms with E-state index in [2.05, 4.69) is 5.32 Å². The normalized spacial score (nSPS) is 28.9. The van der Waals surface area contributed by atoms with E-state index in [9.17, 15) is 0 Å². The third-order valence-corrected chi connectivity index (χ3v) is 3.69. The van der Waals surface area contributed by atoms with Gasteiger partial charge in [-0.15, -0.1) is 0 Å². The standard InChI is InChI=1S/C12H14ClNO/c13-10-3-1-4-11-9(10)7-12(15-11)5-2-6-14-8-12/h1,3-4,14H,2,5-8H2. The van der Waals surface area contributed by atoms with Gasteiger partial charge in [0.15, 0.2) is 0 Å². The molecule has 1 saturated heterocycles. The van der Waals surface area contributed by atoms with E-state index in [4.69, 9.17) is 16.3 Å². The zero-order valence-electron chi connectivity index (χ0n) is 8.55. The molecular weight excluding hydrogens is 210 g/mol. The number of piperidine rings is 1. The number of hydrogen-bond acceptors (Lipinski definition) is 2. The van der Waals surface area contributed by atoms with Crippen molar-refractivity contribution in [3.8, 4) is 5.75 Å². The van der Waals surface area contributed by atoms with E-state index in [-0.39, 0.29) is 5.60 Å². The van der Waals surface area contributed by atoms with Crippen LogP contribution >= 0.6 is 11.6 Å². The maximum absolute atomic E-state index is 6.17. The lowest BCUT2D eigenvalue weighted by atomic mass is 9.89. The van der Waals surface area contributed by atoms with Crippen molar-refractivity contribution in [3.05, 3.63) is 28.8 Å². The quantitative estimate of drug-likeness (QED) is 0.729. The molecule has 2 heterocycles. The minimum atomic E-state index is -0.0222. The number of nitrogens with one attached hydrogen (secondary N) is 1. The van der Waals surface area contributed by atoms with Gasteiger partial charge in [0.05, 0.1) is 0 Å². The van der Waals surface area contributed by atoms with Gasteiger partial charge >= 0.3 is 0 Å². The molecule has 1 aromatic carbocycles. The number of benzene rings is 1. The summed E-state index contributed by atoms with van der Waals surface area (Å²) in [5, 5.41) is 4.25. The molecule has 1 spiro atoms. The molecule has 1 N–H and O–H groups in total. The predicted octanol–water partition coefficient (Wildman–Crippen LogP) is 2.40. The Balaban J connectivity index is 1.94. The SMILES string of the molecule is Clc1cccc2c1CC1(CCCNC1)O2. The van der Waals surface area contributed by atoms with Gasteiger partial charge in [-0.05, 0) is 31.5 Å². The van der Waals surface area contributed by atoms with Crippen molar-refractivity contribution < 1.29 is 4.74 Å². The first-order valence-electron chi connectivity index (χ1n) is 5.46. The van der Waals surface area contributed by atoms with Crippen molar-refractivity contribution in [3.63, 3.8) is 0 Å². The van der Waals surface area contributed by atoms with Crippen LogP contribution in [-0.2, 0) is 6.42 Å². The van der Waals surface area contributed by atoms with Gasteiger partial charge in [-0.1, -0.05) is 17.7 Å². The Labute approximate surface area is 94.6 Å². The molecule has 0 aliphatic carbocycles. The van der Waals surface area contributed by atoms with Gasteiger partial charge in [-0.3, -0.25) is 0 Å². The number of ether oxygens (including phenoxy) is 1. The van der Waals surface area contributed by atoms with Gasteiger partial charge in [0, 0.05) is 23.6 Å². The average molecular weight is 224 g/mol. The molecule has 1 aromatic rings. The summed E-state index contributed by atoms with van der Waals surface area (Å²) >= 11 is 6.17. The first-order valence-corrected chi connectivity index (χ1v) is 5.84. The molecule has 80 valence electrons. The molecule has 3 rings (SSSR count). The van der Waals surface area contributed by atoms with Crippen LogP contribution in [-0.4, -0.2) is 18.7 Å². The molecule has 1 fully saturated rings. The van der Waals surface area contributed by atoms with Crippen molar-refractivity contribution in [2.45, 2.75) is 24.9 Å². The maximum Gasteiger partial charge on any atom is 0.126 e. The Kier molecular flexibility index (Phi) is 2.15. The fourth-order valence-corrected chi connectivity index (χ4v) is 2.81. The van der Waals surface area contributed by atoms with E-state index in [0.717, 1.165) is 36.7 Å². The molecule has 0 aromatic heterocycles. The van der Waals surface area contributed by atoms with Gasteiger partial charge in [0.25, 0.3) is 0 Å². The highest BCUT2D eigenvalue weighted by Gasteiger charge is 2.41. The highest BCUT2D eigenvalue weighted by Crippen LogP contribution is 2.41. The predicted molar refractivity (Wildman–Crippen MR) is 60.6 cm³/mol. The van der Waals surface area contributed by atoms with Crippen molar-refractivity contribution in [2.24, 2.45) is 0 Å². The van der Waals surface area contributed by atoms with E-state index in [1.165, 1.54) is 12.0 Å². The summed E-state index contributed by atoms with van der Waals surface area (Å²) in [4.78, 5) is 0. The second-order valence-corrected chi connectivity index (χ2v) is 4.87. The molecule has 15 heavy (non-hydrogen) atoms. The van der Waals surface area contributed by atoms with E-state index >= 15 is 0 Å². The minimum absolute atomic E-state index is 0.0222. The summed E-state index contributed by atoms with van der Waals surface area (Å²) in [5.74, 6) is 0.978. The van der Waals surface area contributed by atoms with Crippen LogP contribution in [0, 0.1) is 0 Å². The molecule has 2 aliphatic heterocycles. The van der Waals surface area contributed by atoms with E-state index in [1.54, 1.807) is 0 Å². The fourth-order valence-electron chi connectivity index (χ4n) is 2.58. The molecule has 0 saturated carbocycles. The Morgan fingerprint density at radius 3 is 3.07 bits per heavy atom. The second-order valence-electron chi connectivity index (χ2n) is 4.46. The average Bonchev–Trinajstić information content (AvgIpc) is 2.59. The van der Waals surface area contributed by atoms with Crippen molar-refractivity contribution >= 4 is 11.6 Å². The monoisotopic (exact) mass is 223 g/mol. The lowest BCUT2D eigenvalue weighted by molar-refractivity contribution is 0.0660. The second kappa shape index (κ2) is 3.39.